The van der Waals surface area contributed by atoms with Gasteiger partial charge in [0.1, 0.15) is 5.82 Å². The summed E-state index contributed by atoms with van der Waals surface area (Å²) in [5.74, 6) is 0.607. The number of piperazine rings is 1. The van der Waals surface area contributed by atoms with Crippen molar-refractivity contribution >= 4 is 17.4 Å². The molecule has 1 amide bonds. The van der Waals surface area contributed by atoms with Gasteiger partial charge in [-0.1, -0.05) is 0 Å². The Balaban J connectivity index is 1.92. The van der Waals surface area contributed by atoms with Crippen molar-refractivity contribution in [3.8, 4) is 0 Å². The number of carbonyl (C=O) groups excluding carboxylic acids is 1. The lowest BCUT2D eigenvalue weighted by Gasteiger charge is -2.29. The van der Waals surface area contributed by atoms with Crippen molar-refractivity contribution in [2.75, 3.05) is 50.4 Å². The minimum absolute atomic E-state index is 0.120. The zero-order valence-electron chi connectivity index (χ0n) is 9.94. The highest BCUT2D eigenvalue weighted by Crippen LogP contribution is 2.17. The normalized spacial score (nSPS) is 15.9. The maximum absolute atomic E-state index is 12.0. The zero-order chi connectivity index (χ0) is 12.3. The molecule has 0 unspecified atom stereocenters. The molecule has 1 aliphatic rings. The van der Waals surface area contributed by atoms with Gasteiger partial charge >= 0.3 is 0 Å². The number of rotatable bonds is 3. The van der Waals surface area contributed by atoms with Gasteiger partial charge in [0, 0.05) is 33.2 Å². The molecule has 0 bridgehead atoms. The molecule has 7 heteroatoms. The number of nitrogens with two attached hydrogens (primary N) is 1. The molecule has 2 heterocycles. The van der Waals surface area contributed by atoms with Crippen LogP contribution in [0.5, 0.6) is 0 Å². The maximum atomic E-state index is 12.0. The van der Waals surface area contributed by atoms with Gasteiger partial charge in [0.15, 0.2) is 0 Å². The quantitative estimate of drug-likeness (QED) is 0.619. The molecule has 0 aliphatic carbocycles. The summed E-state index contributed by atoms with van der Waals surface area (Å²) < 4.78 is 0. The van der Waals surface area contributed by atoms with Crippen LogP contribution in [0, 0.1) is 0 Å². The SMILES string of the molecule is CN(CC(=O)N1CCNCC1)c1cn[nH]c1N. The van der Waals surface area contributed by atoms with Crippen molar-refractivity contribution in [2.45, 2.75) is 0 Å². The van der Waals surface area contributed by atoms with Crippen LogP contribution in [0.4, 0.5) is 11.5 Å². The number of carbonyl (C=O) groups is 1. The lowest BCUT2D eigenvalue weighted by molar-refractivity contribution is -0.130. The zero-order valence-corrected chi connectivity index (χ0v) is 9.94. The fourth-order valence-electron chi connectivity index (χ4n) is 1.90. The number of nitrogens with one attached hydrogen (secondary N) is 2. The fraction of sp³-hybridized carbons (Fsp3) is 0.600. The van der Waals surface area contributed by atoms with Gasteiger partial charge in [0.25, 0.3) is 0 Å². The second-order valence-corrected chi connectivity index (χ2v) is 4.16. The number of hydrogen-bond acceptors (Lipinski definition) is 5. The Morgan fingerprint density at radius 1 is 1.59 bits per heavy atom. The average molecular weight is 238 g/mol. The standard InChI is InChI=1S/C10H18N6O/c1-15(8-6-13-14-10(8)11)7-9(17)16-4-2-12-3-5-16/h6,12H,2-5,7H2,1H3,(H3,11,13,14). The van der Waals surface area contributed by atoms with Gasteiger partial charge in [0.2, 0.25) is 5.91 Å². The van der Waals surface area contributed by atoms with E-state index in [0.29, 0.717) is 12.4 Å². The summed E-state index contributed by atoms with van der Waals surface area (Å²) in [7, 11) is 1.83. The van der Waals surface area contributed by atoms with Crippen LogP contribution in [0.25, 0.3) is 0 Å². The summed E-state index contributed by atoms with van der Waals surface area (Å²) in [6, 6.07) is 0. The van der Waals surface area contributed by atoms with E-state index < -0.39 is 0 Å². The van der Waals surface area contributed by atoms with E-state index in [0.717, 1.165) is 31.9 Å². The minimum atomic E-state index is 0.120. The number of nitrogen functional groups attached to an aromatic ring is 1. The lowest BCUT2D eigenvalue weighted by atomic mass is 10.3. The molecule has 1 aromatic heterocycles. The predicted octanol–water partition coefficient (Wildman–Crippen LogP) is -1.14. The van der Waals surface area contributed by atoms with Gasteiger partial charge in [-0.3, -0.25) is 9.89 Å². The highest BCUT2D eigenvalue weighted by molar-refractivity contribution is 5.82. The number of aromatic amines is 1. The first-order valence-electron chi connectivity index (χ1n) is 5.67. The molecular formula is C10H18N6O. The fourth-order valence-corrected chi connectivity index (χ4v) is 1.90. The Bertz CT molecular complexity index is 384. The Morgan fingerprint density at radius 2 is 2.29 bits per heavy atom. The first-order chi connectivity index (χ1) is 8.18. The number of hydrogen-bond donors (Lipinski definition) is 3. The van der Waals surface area contributed by atoms with Gasteiger partial charge in [-0.2, -0.15) is 5.10 Å². The van der Waals surface area contributed by atoms with E-state index in [-0.39, 0.29) is 5.91 Å². The van der Waals surface area contributed by atoms with Crippen molar-refractivity contribution < 1.29 is 4.79 Å². The van der Waals surface area contributed by atoms with Gasteiger partial charge in [0.05, 0.1) is 18.4 Å². The number of amides is 1. The van der Waals surface area contributed by atoms with Crippen molar-refractivity contribution in [1.29, 1.82) is 0 Å². The first kappa shape index (κ1) is 11.7. The van der Waals surface area contributed by atoms with Crippen molar-refractivity contribution in [1.82, 2.24) is 20.4 Å². The third-order valence-corrected chi connectivity index (χ3v) is 2.90. The molecule has 7 nitrogen and oxygen atoms in total. The average Bonchev–Trinajstić information content (AvgIpc) is 2.76. The highest BCUT2D eigenvalue weighted by atomic mass is 16.2. The topological polar surface area (TPSA) is 90.3 Å². The van der Waals surface area contributed by atoms with E-state index in [1.54, 1.807) is 6.20 Å². The smallest absolute Gasteiger partial charge is 0.242 e. The molecule has 17 heavy (non-hydrogen) atoms. The summed E-state index contributed by atoms with van der Waals surface area (Å²) in [5, 5.41) is 9.71. The molecule has 0 saturated carbocycles. The molecule has 1 aromatic rings. The van der Waals surface area contributed by atoms with Crippen molar-refractivity contribution in [3.05, 3.63) is 6.20 Å². The second kappa shape index (κ2) is 5.05. The van der Waals surface area contributed by atoms with Crippen LogP contribution in [-0.4, -0.2) is 60.8 Å². The Morgan fingerprint density at radius 3 is 2.88 bits per heavy atom. The summed E-state index contributed by atoms with van der Waals surface area (Å²) in [5.41, 5.74) is 6.46. The van der Waals surface area contributed by atoms with Crippen LogP contribution in [-0.2, 0) is 4.79 Å². The maximum Gasteiger partial charge on any atom is 0.242 e. The number of nitrogens with zero attached hydrogens (tertiary/aromatic N) is 3. The lowest BCUT2D eigenvalue weighted by Crippen LogP contribution is -2.49. The van der Waals surface area contributed by atoms with E-state index in [1.807, 2.05) is 16.8 Å². The molecular weight excluding hydrogens is 220 g/mol. The monoisotopic (exact) mass is 238 g/mol. The molecule has 1 aliphatic heterocycles. The van der Waals surface area contributed by atoms with Gasteiger partial charge < -0.3 is 20.9 Å². The van der Waals surface area contributed by atoms with Crippen LogP contribution in [0.15, 0.2) is 6.20 Å². The molecule has 0 aromatic carbocycles. The van der Waals surface area contributed by atoms with Crippen molar-refractivity contribution in [2.24, 2.45) is 0 Å². The second-order valence-electron chi connectivity index (χ2n) is 4.16. The third-order valence-electron chi connectivity index (χ3n) is 2.90. The van der Waals surface area contributed by atoms with Gasteiger partial charge in [-0.25, -0.2) is 0 Å². The van der Waals surface area contributed by atoms with Crippen LogP contribution >= 0.6 is 0 Å². The largest absolute Gasteiger partial charge is 0.382 e. The Labute approximate surface area is 99.9 Å². The van der Waals surface area contributed by atoms with E-state index in [2.05, 4.69) is 15.5 Å². The van der Waals surface area contributed by atoms with Gasteiger partial charge in [-0.05, 0) is 0 Å². The molecule has 1 fully saturated rings. The van der Waals surface area contributed by atoms with Crippen LogP contribution in [0.3, 0.4) is 0 Å². The highest BCUT2D eigenvalue weighted by Gasteiger charge is 2.18. The van der Waals surface area contributed by atoms with E-state index in [9.17, 15) is 4.79 Å². The molecule has 1 saturated heterocycles. The molecule has 0 spiro atoms. The summed E-state index contributed by atoms with van der Waals surface area (Å²) >= 11 is 0. The predicted molar refractivity (Wildman–Crippen MR) is 65.7 cm³/mol. The molecule has 0 atom stereocenters. The van der Waals surface area contributed by atoms with E-state index in [4.69, 9.17) is 5.73 Å². The van der Waals surface area contributed by atoms with E-state index >= 15 is 0 Å². The molecule has 4 N–H and O–H groups in total. The molecule has 0 radical (unpaired) electrons. The van der Waals surface area contributed by atoms with Crippen LogP contribution in [0.1, 0.15) is 0 Å². The van der Waals surface area contributed by atoms with Gasteiger partial charge in [-0.15, -0.1) is 0 Å². The van der Waals surface area contributed by atoms with Crippen LogP contribution in [0.2, 0.25) is 0 Å². The van der Waals surface area contributed by atoms with Crippen LogP contribution < -0.4 is 16.0 Å². The Hall–Kier alpha value is -1.76. The Kier molecular flexibility index (Phi) is 3.48. The summed E-state index contributed by atoms with van der Waals surface area (Å²) in [6.07, 6.45) is 1.63. The minimum Gasteiger partial charge on any atom is -0.382 e. The number of anilines is 2. The van der Waals surface area contributed by atoms with E-state index in [1.165, 1.54) is 0 Å². The third kappa shape index (κ3) is 2.68. The van der Waals surface area contributed by atoms with Crippen molar-refractivity contribution in [3.63, 3.8) is 0 Å². The number of likely N-dealkylation sites (N-methyl/N-ethyl adjacent to an activating group) is 1. The number of aromatic nitrogens is 2. The first-order valence-corrected chi connectivity index (χ1v) is 5.67. The number of H-pyrrole nitrogens is 1. The molecule has 2 rings (SSSR count). The summed E-state index contributed by atoms with van der Waals surface area (Å²) in [6.45, 7) is 3.59. The molecule has 94 valence electrons. The summed E-state index contributed by atoms with van der Waals surface area (Å²) in [4.78, 5) is 15.7.